The number of hydrogen-bond acceptors (Lipinski definition) is 4. The molecule has 0 bridgehead atoms. The molecule has 0 saturated heterocycles. The van der Waals surface area contributed by atoms with Crippen molar-refractivity contribution in [2.75, 3.05) is 11.1 Å². The Morgan fingerprint density at radius 3 is 2.58 bits per heavy atom. The van der Waals surface area contributed by atoms with Crippen molar-refractivity contribution in [2.45, 2.75) is 26.3 Å². The van der Waals surface area contributed by atoms with E-state index < -0.39 is 0 Å². The van der Waals surface area contributed by atoms with Gasteiger partial charge in [0.15, 0.2) is 0 Å². The summed E-state index contributed by atoms with van der Waals surface area (Å²) in [7, 11) is 0. The van der Waals surface area contributed by atoms with Gasteiger partial charge in [-0.1, -0.05) is 35.0 Å². The van der Waals surface area contributed by atoms with E-state index in [-0.39, 0.29) is 6.04 Å². The highest BCUT2D eigenvalue weighted by Crippen LogP contribution is 2.24. The first-order valence-corrected chi connectivity index (χ1v) is 7.02. The first-order valence-electron chi connectivity index (χ1n) is 6.23. The number of benzene rings is 1. The number of nitrogens with two attached hydrogens (primary N) is 1. The van der Waals surface area contributed by atoms with Crippen LogP contribution >= 0.6 is 15.9 Å². The first kappa shape index (κ1) is 13.8. The molecule has 5 heteroatoms. The smallest absolute Gasteiger partial charge is 0.135 e. The Morgan fingerprint density at radius 2 is 1.95 bits per heavy atom. The average molecular weight is 321 g/mol. The van der Waals surface area contributed by atoms with Gasteiger partial charge in [-0.25, -0.2) is 9.97 Å². The van der Waals surface area contributed by atoms with E-state index in [2.05, 4.69) is 50.3 Å². The van der Waals surface area contributed by atoms with Crippen molar-refractivity contribution >= 4 is 27.6 Å². The number of hydrogen-bond donors (Lipinski definition) is 2. The number of nitrogens with one attached hydrogen (secondary N) is 1. The molecule has 100 valence electrons. The summed E-state index contributed by atoms with van der Waals surface area (Å²) in [6, 6.07) is 8.38. The van der Waals surface area contributed by atoms with E-state index in [0.717, 1.165) is 22.3 Å². The molecule has 1 aromatic heterocycles. The fraction of sp³-hybridized carbons (Fsp3) is 0.286. The topological polar surface area (TPSA) is 63.8 Å². The van der Waals surface area contributed by atoms with Crippen molar-refractivity contribution in [1.82, 2.24) is 9.97 Å². The van der Waals surface area contributed by atoms with Crippen LogP contribution in [0, 0.1) is 0 Å². The normalized spacial score (nSPS) is 12.2. The van der Waals surface area contributed by atoms with Crippen LogP contribution in [0.4, 0.5) is 11.6 Å². The fourth-order valence-corrected chi connectivity index (χ4v) is 2.20. The molecule has 1 atom stereocenters. The van der Waals surface area contributed by atoms with Gasteiger partial charge < -0.3 is 11.1 Å². The molecule has 2 aromatic rings. The monoisotopic (exact) mass is 320 g/mol. The number of halogens is 1. The summed E-state index contributed by atoms with van der Waals surface area (Å²) in [4.78, 5) is 8.30. The molecule has 19 heavy (non-hydrogen) atoms. The van der Waals surface area contributed by atoms with Gasteiger partial charge in [0.2, 0.25) is 0 Å². The number of anilines is 2. The molecule has 0 amide bonds. The molecule has 3 N–H and O–H groups in total. The van der Waals surface area contributed by atoms with Crippen LogP contribution in [0.3, 0.4) is 0 Å². The molecule has 0 aliphatic rings. The van der Waals surface area contributed by atoms with Crippen LogP contribution in [0.1, 0.15) is 31.0 Å². The van der Waals surface area contributed by atoms with Gasteiger partial charge in [-0.05, 0) is 31.0 Å². The molecule has 0 aliphatic heterocycles. The maximum absolute atomic E-state index is 5.87. The molecule has 0 spiro atoms. The molecule has 0 aliphatic carbocycles. The van der Waals surface area contributed by atoms with Gasteiger partial charge in [0.25, 0.3) is 0 Å². The minimum absolute atomic E-state index is 0.160. The van der Waals surface area contributed by atoms with Gasteiger partial charge in [0.1, 0.15) is 18.0 Å². The molecule has 4 nitrogen and oxygen atoms in total. The first-order chi connectivity index (χ1) is 9.11. The Balaban J connectivity index is 2.21. The molecule has 1 heterocycles. The zero-order valence-corrected chi connectivity index (χ0v) is 12.6. The van der Waals surface area contributed by atoms with Crippen LogP contribution in [0.15, 0.2) is 35.1 Å². The van der Waals surface area contributed by atoms with Crippen molar-refractivity contribution in [3.05, 3.63) is 46.2 Å². The van der Waals surface area contributed by atoms with E-state index in [4.69, 9.17) is 5.73 Å². The minimum Gasteiger partial charge on any atom is -0.383 e. The van der Waals surface area contributed by atoms with Gasteiger partial charge >= 0.3 is 0 Å². The lowest BCUT2D eigenvalue weighted by Gasteiger charge is -2.17. The molecule has 1 aromatic carbocycles. The molecular formula is C14H17BrN4. The standard InChI is InChI=1S/C14H17BrN4/c1-3-12-13(16)17-8-18-14(12)19-9(2)10-4-6-11(15)7-5-10/h4-9H,3H2,1-2H3,(H3,16,17,18,19). The summed E-state index contributed by atoms with van der Waals surface area (Å²) in [6.45, 7) is 4.14. The second-order valence-electron chi connectivity index (χ2n) is 4.36. The number of nitrogens with zero attached hydrogens (tertiary/aromatic N) is 2. The predicted octanol–water partition coefficient (Wildman–Crippen LogP) is 3.56. The van der Waals surface area contributed by atoms with Gasteiger partial charge in [-0.3, -0.25) is 0 Å². The number of rotatable bonds is 4. The van der Waals surface area contributed by atoms with E-state index in [1.807, 2.05) is 19.1 Å². The van der Waals surface area contributed by atoms with Crippen LogP contribution in [-0.2, 0) is 6.42 Å². The second kappa shape index (κ2) is 6.02. The van der Waals surface area contributed by atoms with Gasteiger partial charge in [0, 0.05) is 16.1 Å². The van der Waals surface area contributed by atoms with E-state index in [0.29, 0.717) is 5.82 Å². The summed E-state index contributed by atoms with van der Waals surface area (Å²) in [6.07, 6.45) is 2.30. The summed E-state index contributed by atoms with van der Waals surface area (Å²) in [5.41, 5.74) is 8.03. The Kier molecular flexibility index (Phi) is 4.37. The third-order valence-corrected chi connectivity index (χ3v) is 3.58. The average Bonchev–Trinajstić information content (AvgIpc) is 2.39. The van der Waals surface area contributed by atoms with E-state index >= 15 is 0 Å². The minimum atomic E-state index is 0.160. The molecular weight excluding hydrogens is 304 g/mol. The predicted molar refractivity (Wildman–Crippen MR) is 82.0 cm³/mol. The number of aromatic nitrogens is 2. The van der Waals surface area contributed by atoms with E-state index in [9.17, 15) is 0 Å². The zero-order chi connectivity index (χ0) is 13.8. The zero-order valence-electron chi connectivity index (χ0n) is 11.0. The van der Waals surface area contributed by atoms with Crippen LogP contribution in [-0.4, -0.2) is 9.97 Å². The third kappa shape index (κ3) is 3.23. The Bertz CT molecular complexity index is 554. The summed E-state index contributed by atoms with van der Waals surface area (Å²) in [5.74, 6) is 1.36. The maximum Gasteiger partial charge on any atom is 0.135 e. The molecule has 0 saturated carbocycles. The number of nitrogen functional groups attached to an aromatic ring is 1. The van der Waals surface area contributed by atoms with Crippen LogP contribution in [0.2, 0.25) is 0 Å². The molecule has 2 rings (SSSR count). The molecule has 1 unspecified atom stereocenters. The molecule has 0 fully saturated rings. The van der Waals surface area contributed by atoms with Crippen molar-refractivity contribution in [1.29, 1.82) is 0 Å². The van der Waals surface area contributed by atoms with Crippen molar-refractivity contribution in [2.24, 2.45) is 0 Å². The highest BCUT2D eigenvalue weighted by Gasteiger charge is 2.11. The summed E-state index contributed by atoms with van der Waals surface area (Å²) >= 11 is 3.44. The Morgan fingerprint density at radius 1 is 1.26 bits per heavy atom. The van der Waals surface area contributed by atoms with E-state index in [1.54, 1.807) is 0 Å². The fourth-order valence-electron chi connectivity index (χ4n) is 1.94. The lowest BCUT2D eigenvalue weighted by molar-refractivity contribution is 0.863. The highest BCUT2D eigenvalue weighted by atomic mass is 79.9. The van der Waals surface area contributed by atoms with Crippen LogP contribution < -0.4 is 11.1 Å². The lowest BCUT2D eigenvalue weighted by atomic mass is 10.1. The van der Waals surface area contributed by atoms with Crippen LogP contribution in [0.5, 0.6) is 0 Å². The van der Waals surface area contributed by atoms with Crippen molar-refractivity contribution < 1.29 is 0 Å². The molecule has 0 radical (unpaired) electrons. The van der Waals surface area contributed by atoms with Gasteiger partial charge in [-0.15, -0.1) is 0 Å². The van der Waals surface area contributed by atoms with Gasteiger partial charge in [-0.2, -0.15) is 0 Å². The van der Waals surface area contributed by atoms with Crippen LogP contribution in [0.25, 0.3) is 0 Å². The summed E-state index contributed by atoms with van der Waals surface area (Å²) in [5, 5.41) is 3.39. The van der Waals surface area contributed by atoms with Crippen molar-refractivity contribution in [3.8, 4) is 0 Å². The maximum atomic E-state index is 5.87. The SMILES string of the molecule is CCc1c(N)ncnc1NC(C)c1ccc(Br)cc1. The van der Waals surface area contributed by atoms with Crippen molar-refractivity contribution in [3.63, 3.8) is 0 Å². The quantitative estimate of drug-likeness (QED) is 0.904. The highest BCUT2D eigenvalue weighted by molar-refractivity contribution is 9.10. The summed E-state index contributed by atoms with van der Waals surface area (Å²) < 4.78 is 1.07. The second-order valence-corrected chi connectivity index (χ2v) is 5.27. The van der Waals surface area contributed by atoms with Gasteiger partial charge in [0.05, 0.1) is 0 Å². The third-order valence-electron chi connectivity index (χ3n) is 3.06. The Hall–Kier alpha value is -1.62. The largest absolute Gasteiger partial charge is 0.383 e. The Labute approximate surface area is 121 Å². The lowest BCUT2D eigenvalue weighted by Crippen LogP contribution is -2.11. The van der Waals surface area contributed by atoms with E-state index in [1.165, 1.54) is 11.9 Å².